The van der Waals surface area contributed by atoms with Crippen LogP contribution in [0.2, 0.25) is 0 Å². The predicted molar refractivity (Wildman–Crippen MR) is 260 cm³/mol. The molecule has 0 amide bonds. The Labute approximate surface area is 366 Å². The summed E-state index contributed by atoms with van der Waals surface area (Å²) in [5, 5.41) is 8.94. The Bertz CT molecular complexity index is 3910. The molecule has 0 saturated carbocycles. The lowest BCUT2D eigenvalue weighted by molar-refractivity contribution is 0.618. The van der Waals surface area contributed by atoms with E-state index >= 15 is 0 Å². The van der Waals surface area contributed by atoms with Crippen molar-refractivity contribution in [1.29, 1.82) is 0 Å². The lowest BCUT2D eigenvalue weighted by Crippen LogP contribution is -2.00. The smallest absolute Gasteiger partial charge is 0.227 e. The summed E-state index contributed by atoms with van der Waals surface area (Å²) in [5.41, 5.74) is 11.3. The Morgan fingerprint density at radius 3 is 1.62 bits per heavy atom. The van der Waals surface area contributed by atoms with Crippen LogP contribution < -0.4 is 0 Å². The number of aromatic nitrogens is 4. The summed E-state index contributed by atoms with van der Waals surface area (Å²) in [7, 11) is 0. The zero-order chi connectivity index (χ0) is 42.1. The Hall–Kier alpha value is -8.74. The molecule has 0 aliphatic rings. The van der Waals surface area contributed by atoms with Crippen LogP contribution >= 0.6 is 0 Å². The molecule has 298 valence electrons. The number of oxazole rings is 1. The Balaban J connectivity index is 0.955. The molecule has 0 atom stereocenters. The number of benzene rings is 10. The molecular formula is C58H34N4O2. The van der Waals surface area contributed by atoms with Crippen LogP contribution in [0.3, 0.4) is 0 Å². The summed E-state index contributed by atoms with van der Waals surface area (Å²) in [6.07, 6.45) is 0. The second-order valence-corrected chi connectivity index (χ2v) is 16.1. The van der Waals surface area contributed by atoms with E-state index in [1.807, 2.05) is 84.9 Å². The Morgan fingerprint density at radius 1 is 0.281 bits per heavy atom. The van der Waals surface area contributed by atoms with Crippen molar-refractivity contribution < 1.29 is 8.83 Å². The average Bonchev–Trinajstić information content (AvgIpc) is 3.95. The molecule has 0 fully saturated rings. The van der Waals surface area contributed by atoms with Gasteiger partial charge in [-0.05, 0) is 78.8 Å². The third kappa shape index (κ3) is 5.88. The maximum atomic E-state index is 6.57. The number of para-hydroxylation sites is 1. The van der Waals surface area contributed by atoms with Gasteiger partial charge in [0.05, 0.1) is 0 Å². The van der Waals surface area contributed by atoms with E-state index in [4.69, 9.17) is 28.8 Å². The van der Waals surface area contributed by atoms with Gasteiger partial charge in [0, 0.05) is 39.1 Å². The van der Waals surface area contributed by atoms with Crippen molar-refractivity contribution in [3.8, 4) is 67.9 Å². The monoisotopic (exact) mass is 818 g/mol. The Kier molecular flexibility index (Phi) is 8.11. The van der Waals surface area contributed by atoms with Crippen molar-refractivity contribution in [2.75, 3.05) is 0 Å². The van der Waals surface area contributed by atoms with E-state index in [-0.39, 0.29) is 0 Å². The van der Waals surface area contributed by atoms with E-state index in [1.165, 1.54) is 10.8 Å². The molecule has 6 heteroatoms. The molecule has 0 spiro atoms. The molecule has 0 saturated heterocycles. The van der Waals surface area contributed by atoms with Gasteiger partial charge in [0.1, 0.15) is 16.7 Å². The van der Waals surface area contributed by atoms with E-state index < -0.39 is 0 Å². The summed E-state index contributed by atoms with van der Waals surface area (Å²) in [5.74, 6) is 2.46. The summed E-state index contributed by atoms with van der Waals surface area (Å²) in [4.78, 5) is 20.1. The van der Waals surface area contributed by atoms with Crippen molar-refractivity contribution in [2.24, 2.45) is 0 Å². The molecule has 3 aromatic heterocycles. The highest BCUT2D eigenvalue weighted by Gasteiger charge is 2.20. The zero-order valence-corrected chi connectivity index (χ0v) is 34.2. The lowest BCUT2D eigenvalue weighted by Gasteiger charge is -2.17. The van der Waals surface area contributed by atoms with Gasteiger partial charge in [-0.2, -0.15) is 0 Å². The minimum Gasteiger partial charge on any atom is -0.456 e. The molecule has 0 bridgehead atoms. The number of nitrogens with zero attached hydrogens (tertiary/aromatic N) is 4. The Morgan fingerprint density at radius 2 is 0.859 bits per heavy atom. The van der Waals surface area contributed by atoms with Crippen molar-refractivity contribution in [1.82, 2.24) is 19.9 Å². The van der Waals surface area contributed by atoms with Crippen LogP contribution in [0, 0.1) is 0 Å². The van der Waals surface area contributed by atoms with Crippen LogP contribution in [-0.4, -0.2) is 19.9 Å². The summed E-state index contributed by atoms with van der Waals surface area (Å²) in [6, 6.07) is 71.4. The average molecular weight is 819 g/mol. The van der Waals surface area contributed by atoms with E-state index in [0.717, 1.165) is 93.5 Å². The van der Waals surface area contributed by atoms with E-state index in [1.54, 1.807) is 0 Å². The second kappa shape index (κ2) is 14.4. The first-order valence-electron chi connectivity index (χ1n) is 21.4. The third-order valence-electron chi connectivity index (χ3n) is 12.4. The predicted octanol–water partition coefficient (Wildman–Crippen LogP) is 15.4. The van der Waals surface area contributed by atoms with Gasteiger partial charge < -0.3 is 8.83 Å². The van der Waals surface area contributed by atoms with Crippen molar-refractivity contribution in [3.05, 3.63) is 206 Å². The molecule has 13 rings (SSSR count). The molecule has 13 aromatic rings. The second-order valence-electron chi connectivity index (χ2n) is 16.1. The first-order chi connectivity index (χ1) is 31.7. The number of fused-ring (bicyclic) bond motifs is 8. The molecule has 64 heavy (non-hydrogen) atoms. The third-order valence-corrected chi connectivity index (χ3v) is 12.4. The molecular weight excluding hydrogens is 785 g/mol. The highest BCUT2D eigenvalue weighted by Crippen LogP contribution is 2.44. The van der Waals surface area contributed by atoms with Crippen molar-refractivity contribution in [2.45, 2.75) is 0 Å². The van der Waals surface area contributed by atoms with Crippen LogP contribution in [0.25, 0.3) is 133 Å². The molecule has 10 aromatic carbocycles. The highest BCUT2D eigenvalue weighted by molar-refractivity contribution is 6.20. The first-order valence-corrected chi connectivity index (χ1v) is 21.4. The van der Waals surface area contributed by atoms with E-state index in [2.05, 4.69) is 121 Å². The van der Waals surface area contributed by atoms with E-state index in [0.29, 0.717) is 28.9 Å². The fourth-order valence-corrected chi connectivity index (χ4v) is 9.35. The van der Waals surface area contributed by atoms with Gasteiger partial charge >= 0.3 is 0 Å². The van der Waals surface area contributed by atoms with Gasteiger partial charge in [-0.1, -0.05) is 176 Å². The SMILES string of the molecule is c1ccc(-c2nc(-c3ccccc3)nc(-c3cccc(-c4ccc(-c5ccc(-c6nc7cc8c(cc7o6)oc6ccccc68)c6ccc7ccccc7c56)c5ccccc45)c3)n2)cc1. The first kappa shape index (κ1) is 36.0. The topological polar surface area (TPSA) is 77.8 Å². The fraction of sp³-hybridized carbons (Fsp3) is 0. The summed E-state index contributed by atoms with van der Waals surface area (Å²) < 4.78 is 12.8. The molecule has 3 heterocycles. The maximum absolute atomic E-state index is 6.57. The quantitative estimate of drug-likeness (QED) is 0.156. The van der Waals surface area contributed by atoms with Gasteiger partial charge in [0.15, 0.2) is 23.1 Å². The van der Waals surface area contributed by atoms with Crippen LogP contribution in [0.4, 0.5) is 0 Å². The minimum absolute atomic E-state index is 0.573. The maximum Gasteiger partial charge on any atom is 0.227 e. The van der Waals surface area contributed by atoms with Crippen molar-refractivity contribution in [3.63, 3.8) is 0 Å². The number of furan rings is 1. The minimum atomic E-state index is 0.573. The van der Waals surface area contributed by atoms with Crippen molar-refractivity contribution >= 4 is 65.4 Å². The largest absolute Gasteiger partial charge is 0.456 e. The molecule has 0 unspecified atom stereocenters. The normalized spacial score (nSPS) is 11.8. The fourth-order valence-electron chi connectivity index (χ4n) is 9.35. The number of rotatable bonds is 6. The molecule has 0 N–H and O–H groups in total. The van der Waals surface area contributed by atoms with Crippen LogP contribution in [0.5, 0.6) is 0 Å². The zero-order valence-electron chi connectivity index (χ0n) is 34.2. The molecule has 0 aliphatic heterocycles. The lowest BCUT2D eigenvalue weighted by atomic mass is 9.87. The summed E-state index contributed by atoms with van der Waals surface area (Å²) in [6.45, 7) is 0. The van der Waals surface area contributed by atoms with Gasteiger partial charge in [0.2, 0.25) is 5.89 Å². The number of hydrogen-bond acceptors (Lipinski definition) is 6. The van der Waals surface area contributed by atoms with Gasteiger partial charge in [-0.3, -0.25) is 0 Å². The van der Waals surface area contributed by atoms with Gasteiger partial charge in [0.25, 0.3) is 0 Å². The van der Waals surface area contributed by atoms with Crippen LogP contribution in [0.1, 0.15) is 0 Å². The van der Waals surface area contributed by atoms with Gasteiger partial charge in [-0.15, -0.1) is 0 Å². The van der Waals surface area contributed by atoms with E-state index in [9.17, 15) is 0 Å². The van der Waals surface area contributed by atoms with Crippen LogP contribution in [0.15, 0.2) is 215 Å². The van der Waals surface area contributed by atoms with Gasteiger partial charge in [-0.25, -0.2) is 19.9 Å². The molecule has 6 nitrogen and oxygen atoms in total. The summed E-state index contributed by atoms with van der Waals surface area (Å²) >= 11 is 0. The molecule has 0 radical (unpaired) electrons. The van der Waals surface area contributed by atoms with Crippen LogP contribution in [-0.2, 0) is 0 Å². The standard InChI is InChI=1S/C58H34N4O2/c1-3-15-36(16-4-1)55-60-56(37-17-5-2-6-18-37)62-57(61-55)39-20-13-19-38(32-39)40-28-29-44(43-23-10-9-22-42(40)43)46-30-31-48(47-27-26-35-14-7-8-21-41(35)54(46)47)58-59-50-33-49-45-24-11-12-25-51(45)63-52(49)34-53(50)64-58/h1-34H. The molecule has 0 aliphatic carbocycles. The number of hydrogen-bond donors (Lipinski definition) is 0. The highest BCUT2D eigenvalue weighted by atomic mass is 16.4.